The number of ether oxygens (including phenoxy) is 2. The lowest BCUT2D eigenvalue weighted by Crippen LogP contribution is -2.31. The predicted octanol–water partition coefficient (Wildman–Crippen LogP) is 3.42. The summed E-state index contributed by atoms with van der Waals surface area (Å²) in [5, 5.41) is 0. The fourth-order valence-electron chi connectivity index (χ4n) is 2.48. The van der Waals surface area contributed by atoms with Gasteiger partial charge in [-0.2, -0.15) is 0 Å². The van der Waals surface area contributed by atoms with Crippen molar-refractivity contribution in [3.63, 3.8) is 0 Å². The fourth-order valence-corrected chi connectivity index (χ4v) is 2.48. The van der Waals surface area contributed by atoms with Crippen LogP contribution >= 0.6 is 0 Å². The molecule has 0 aliphatic carbocycles. The number of hydrogen-bond acceptors (Lipinski definition) is 4. The highest BCUT2D eigenvalue weighted by atomic mass is 19.1. The Morgan fingerprint density at radius 1 is 1.12 bits per heavy atom. The molecule has 4 nitrogen and oxygen atoms in total. The second-order valence-corrected chi connectivity index (χ2v) is 5.72. The second-order valence-electron chi connectivity index (χ2n) is 5.72. The molecule has 1 aromatic heterocycles. The van der Waals surface area contributed by atoms with E-state index < -0.39 is 6.29 Å². The molecule has 0 amide bonds. The Bertz CT molecular complexity index is 712. The molecule has 124 valence electrons. The zero-order chi connectivity index (χ0) is 16.8. The van der Waals surface area contributed by atoms with Crippen molar-refractivity contribution in [3.05, 3.63) is 48.0 Å². The highest BCUT2D eigenvalue weighted by Gasteiger charge is 2.19. The average Bonchev–Trinajstić information content (AvgIpc) is 2.63. The first-order chi connectivity index (χ1) is 11.7. The van der Waals surface area contributed by atoms with Gasteiger partial charge in [0.15, 0.2) is 5.82 Å². The molecule has 5 heteroatoms. The molecule has 24 heavy (non-hydrogen) atoms. The third kappa shape index (κ3) is 4.38. The summed E-state index contributed by atoms with van der Waals surface area (Å²) in [7, 11) is 0. The van der Waals surface area contributed by atoms with E-state index in [1.54, 1.807) is 24.5 Å². The van der Waals surface area contributed by atoms with Crippen LogP contribution in [-0.4, -0.2) is 29.5 Å². The van der Waals surface area contributed by atoms with Gasteiger partial charge in [0.05, 0.1) is 18.8 Å². The molecule has 3 rings (SSSR count). The summed E-state index contributed by atoms with van der Waals surface area (Å²) in [6, 6.07) is 6.06. The Morgan fingerprint density at radius 2 is 1.79 bits per heavy atom. The molecule has 0 N–H and O–H groups in total. The van der Waals surface area contributed by atoms with Gasteiger partial charge in [0.2, 0.25) is 6.29 Å². The third-order valence-electron chi connectivity index (χ3n) is 3.75. The van der Waals surface area contributed by atoms with Gasteiger partial charge in [-0.3, -0.25) is 0 Å². The van der Waals surface area contributed by atoms with E-state index in [0.29, 0.717) is 30.5 Å². The van der Waals surface area contributed by atoms with Crippen LogP contribution in [0.15, 0.2) is 36.7 Å². The van der Waals surface area contributed by atoms with Crippen molar-refractivity contribution in [2.45, 2.75) is 26.1 Å². The molecule has 0 spiro atoms. The molecule has 0 unspecified atom stereocenters. The minimum atomic E-state index is -0.491. The maximum atomic E-state index is 12.9. The van der Waals surface area contributed by atoms with Crippen molar-refractivity contribution in [1.82, 2.24) is 9.97 Å². The summed E-state index contributed by atoms with van der Waals surface area (Å²) >= 11 is 0. The normalized spacial score (nSPS) is 20.2. The molecule has 2 aromatic rings. The van der Waals surface area contributed by atoms with Crippen LogP contribution < -0.4 is 0 Å². The Kier molecular flexibility index (Phi) is 5.52. The van der Waals surface area contributed by atoms with Crippen LogP contribution in [0.2, 0.25) is 0 Å². The Morgan fingerprint density at radius 3 is 2.42 bits per heavy atom. The van der Waals surface area contributed by atoms with Gasteiger partial charge in [0, 0.05) is 23.9 Å². The third-order valence-corrected chi connectivity index (χ3v) is 3.75. The molecule has 0 saturated carbocycles. The fraction of sp³-hybridized carbons (Fsp3) is 0.368. The van der Waals surface area contributed by atoms with E-state index in [4.69, 9.17) is 9.47 Å². The number of aromatic nitrogens is 2. The Balaban J connectivity index is 1.60. The van der Waals surface area contributed by atoms with E-state index in [-0.39, 0.29) is 5.82 Å². The van der Waals surface area contributed by atoms with Crippen molar-refractivity contribution in [2.75, 3.05) is 13.2 Å². The molecule has 0 bridgehead atoms. The first-order valence-corrected chi connectivity index (χ1v) is 8.07. The van der Waals surface area contributed by atoms with E-state index >= 15 is 0 Å². The minimum absolute atomic E-state index is 0.283. The molecular weight excluding hydrogens is 307 g/mol. The van der Waals surface area contributed by atoms with Crippen molar-refractivity contribution in [1.29, 1.82) is 0 Å². The molecule has 0 radical (unpaired) electrons. The first kappa shape index (κ1) is 16.6. The van der Waals surface area contributed by atoms with Crippen molar-refractivity contribution >= 4 is 0 Å². The van der Waals surface area contributed by atoms with E-state index in [1.807, 2.05) is 0 Å². The zero-order valence-corrected chi connectivity index (χ0v) is 13.5. The summed E-state index contributed by atoms with van der Waals surface area (Å²) < 4.78 is 24.1. The van der Waals surface area contributed by atoms with Gasteiger partial charge in [-0.25, -0.2) is 14.4 Å². The first-order valence-electron chi connectivity index (χ1n) is 8.07. The number of halogens is 1. The lowest BCUT2D eigenvalue weighted by atomic mass is 10.1. The molecule has 0 atom stereocenters. The second kappa shape index (κ2) is 8.00. The van der Waals surface area contributed by atoms with Gasteiger partial charge in [-0.05, 0) is 36.6 Å². The SMILES string of the molecule is CCC[C@H]1CO[C@H](C#Cc2cnc(-c3ccc(F)cc3)nc2)OC1. The average molecular weight is 326 g/mol. The van der Waals surface area contributed by atoms with Crippen LogP contribution in [0.25, 0.3) is 11.4 Å². The Hall–Kier alpha value is -2.29. The van der Waals surface area contributed by atoms with Gasteiger partial charge >= 0.3 is 0 Å². The van der Waals surface area contributed by atoms with Gasteiger partial charge in [0.1, 0.15) is 5.82 Å². The van der Waals surface area contributed by atoms with Crippen molar-refractivity contribution in [2.24, 2.45) is 5.92 Å². The lowest BCUT2D eigenvalue weighted by molar-refractivity contribution is -0.170. The van der Waals surface area contributed by atoms with E-state index in [0.717, 1.165) is 18.4 Å². The molecule has 1 aliphatic rings. The summed E-state index contributed by atoms with van der Waals surface area (Å²) in [4.78, 5) is 8.52. The van der Waals surface area contributed by atoms with Crippen molar-refractivity contribution in [3.8, 4) is 23.2 Å². The summed E-state index contributed by atoms with van der Waals surface area (Å²) in [6.07, 6.45) is 5.03. The topological polar surface area (TPSA) is 44.2 Å². The van der Waals surface area contributed by atoms with Crippen molar-refractivity contribution < 1.29 is 13.9 Å². The highest BCUT2D eigenvalue weighted by molar-refractivity contribution is 5.54. The molecular formula is C19H19FN2O2. The summed E-state index contributed by atoms with van der Waals surface area (Å²) in [5.74, 6) is 6.62. The number of nitrogens with zero attached hydrogens (tertiary/aromatic N) is 2. The smallest absolute Gasteiger partial charge is 0.222 e. The molecule has 1 aromatic carbocycles. The number of rotatable bonds is 3. The van der Waals surface area contributed by atoms with Crippen LogP contribution in [0.4, 0.5) is 4.39 Å². The largest absolute Gasteiger partial charge is 0.342 e. The van der Waals surface area contributed by atoms with E-state index in [1.165, 1.54) is 12.1 Å². The zero-order valence-electron chi connectivity index (χ0n) is 13.5. The van der Waals surface area contributed by atoms with E-state index in [2.05, 4.69) is 28.7 Å². The quantitative estimate of drug-likeness (QED) is 0.811. The van der Waals surface area contributed by atoms with Gasteiger partial charge in [-0.15, -0.1) is 0 Å². The maximum absolute atomic E-state index is 12.9. The monoisotopic (exact) mass is 326 g/mol. The number of benzene rings is 1. The van der Waals surface area contributed by atoms with Gasteiger partial charge in [-0.1, -0.05) is 19.3 Å². The van der Waals surface area contributed by atoms with Crippen LogP contribution in [0.5, 0.6) is 0 Å². The minimum Gasteiger partial charge on any atom is -0.342 e. The molecule has 1 fully saturated rings. The predicted molar refractivity (Wildman–Crippen MR) is 88.4 cm³/mol. The van der Waals surface area contributed by atoms with Crippen LogP contribution in [0.3, 0.4) is 0 Å². The van der Waals surface area contributed by atoms with Crippen LogP contribution in [0, 0.1) is 23.6 Å². The Labute approximate surface area is 141 Å². The summed E-state index contributed by atoms with van der Waals surface area (Å²) in [6.45, 7) is 3.53. The maximum Gasteiger partial charge on any atom is 0.222 e. The molecule has 1 saturated heterocycles. The highest BCUT2D eigenvalue weighted by Crippen LogP contribution is 2.16. The van der Waals surface area contributed by atoms with Crippen LogP contribution in [-0.2, 0) is 9.47 Å². The molecule has 1 aliphatic heterocycles. The standard InChI is InChI=1S/C19H19FN2O2/c1-2-3-15-12-23-18(24-13-15)9-4-14-10-21-19(22-11-14)16-5-7-17(20)8-6-16/h5-8,10-11,15,18H,2-3,12-13H2,1H3/t15-,18-. The van der Waals surface area contributed by atoms with Crippen LogP contribution in [0.1, 0.15) is 25.3 Å². The lowest BCUT2D eigenvalue weighted by Gasteiger charge is -2.26. The summed E-state index contributed by atoms with van der Waals surface area (Å²) in [5.41, 5.74) is 1.44. The van der Waals surface area contributed by atoms with Gasteiger partial charge in [0.25, 0.3) is 0 Å². The number of hydrogen-bond donors (Lipinski definition) is 0. The van der Waals surface area contributed by atoms with Gasteiger partial charge < -0.3 is 9.47 Å². The van der Waals surface area contributed by atoms with E-state index in [9.17, 15) is 4.39 Å². The molecule has 2 heterocycles.